The maximum Gasteiger partial charge on any atom is 0.306 e. The molecule has 6 nitrogen and oxygen atoms in total. The highest BCUT2D eigenvalue weighted by atomic mass is 16.6. The number of hydrogen-bond donors (Lipinski definition) is 0. The molecule has 0 N–H and O–H groups in total. The molecule has 0 aliphatic carbocycles. The van der Waals surface area contributed by atoms with Gasteiger partial charge in [0, 0.05) is 19.3 Å². The van der Waals surface area contributed by atoms with Gasteiger partial charge in [-0.05, 0) is 83.5 Å². The van der Waals surface area contributed by atoms with E-state index in [1.807, 2.05) is 0 Å². The molecular weight excluding hydrogens is 853 g/mol. The predicted molar refractivity (Wildman–Crippen MR) is 298 cm³/mol. The van der Waals surface area contributed by atoms with Gasteiger partial charge in [0.05, 0.1) is 0 Å². The van der Waals surface area contributed by atoms with Crippen molar-refractivity contribution in [1.82, 2.24) is 0 Å². The predicted octanol–water partition coefficient (Wildman–Crippen LogP) is 19.8. The fourth-order valence-corrected chi connectivity index (χ4v) is 8.30. The quantitative estimate of drug-likeness (QED) is 0.0262. The summed E-state index contributed by atoms with van der Waals surface area (Å²) in [6, 6.07) is 0. The van der Waals surface area contributed by atoms with Crippen molar-refractivity contribution in [2.45, 2.75) is 297 Å². The third-order valence-electron chi connectivity index (χ3n) is 12.7. The third-order valence-corrected chi connectivity index (χ3v) is 12.7. The van der Waals surface area contributed by atoms with E-state index in [1.54, 1.807) is 0 Å². The number of hydrogen-bond acceptors (Lipinski definition) is 6. The first-order valence-electron chi connectivity index (χ1n) is 29.4. The van der Waals surface area contributed by atoms with E-state index in [-0.39, 0.29) is 37.5 Å². The van der Waals surface area contributed by atoms with Crippen LogP contribution >= 0.6 is 0 Å². The van der Waals surface area contributed by atoms with Crippen LogP contribution in [0.3, 0.4) is 0 Å². The van der Waals surface area contributed by atoms with Crippen LogP contribution in [-0.2, 0) is 28.6 Å². The average molecular weight is 964 g/mol. The van der Waals surface area contributed by atoms with Crippen molar-refractivity contribution in [1.29, 1.82) is 0 Å². The molecular formula is C63H110O6. The fourth-order valence-electron chi connectivity index (χ4n) is 8.30. The molecule has 1 atom stereocenters. The summed E-state index contributed by atoms with van der Waals surface area (Å²) < 4.78 is 16.8. The van der Waals surface area contributed by atoms with E-state index < -0.39 is 6.10 Å². The molecule has 0 aliphatic heterocycles. The van der Waals surface area contributed by atoms with Crippen molar-refractivity contribution in [3.63, 3.8) is 0 Å². The number of esters is 3. The first-order chi connectivity index (χ1) is 34.0. The third kappa shape index (κ3) is 55.6. The molecule has 0 saturated carbocycles. The number of rotatable bonds is 53. The number of allylic oxidation sites excluding steroid dienone is 12. The van der Waals surface area contributed by atoms with Gasteiger partial charge >= 0.3 is 17.9 Å². The van der Waals surface area contributed by atoms with Gasteiger partial charge in [-0.15, -0.1) is 0 Å². The molecule has 0 amide bonds. The van der Waals surface area contributed by atoms with E-state index in [1.165, 1.54) is 154 Å². The van der Waals surface area contributed by atoms with Crippen LogP contribution in [0.1, 0.15) is 290 Å². The smallest absolute Gasteiger partial charge is 0.306 e. The summed E-state index contributed by atoms with van der Waals surface area (Å²) in [5.41, 5.74) is 0. The number of unbranched alkanes of at least 4 members (excludes halogenated alkanes) is 30. The topological polar surface area (TPSA) is 78.9 Å². The number of carbonyl (C=O) groups is 3. The Morgan fingerprint density at radius 3 is 0.957 bits per heavy atom. The van der Waals surface area contributed by atoms with Gasteiger partial charge < -0.3 is 14.2 Å². The zero-order valence-corrected chi connectivity index (χ0v) is 45.6. The monoisotopic (exact) mass is 963 g/mol. The summed E-state index contributed by atoms with van der Waals surface area (Å²) in [5.74, 6) is -0.952. The summed E-state index contributed by atoms with van der Waals surface area (Å²) in [7, 11) is 0. The lowest BCUT2D eigenvalue weighted by molar-refractivity contribution is -0.167. The number of ether oxygens (including phenoxy) is 3. The minimum absolute atomic E-state index is 0.0939. The Bertz CT molecular complexity index is 1290. The SMILES string of the molecule is CC/C=C\C/C=C\C/C=C\C/C=C\C/C=C\CCCC(=O)OC[C@H](COC(=O)CCCCCCCCCCCCCCCCCCCCC)OC(=O)CCCCCCC/C=C\CCCCCCCC. The van der Waals surface area contributed by atoms with E-state index in [2.05, 4.69) is 93.7 Å². The molecule has 6 heteroatoms. The van der Waals surface area contributed by atoms with E-state index in [9.17, 15) is 14.4 Å². The molecule has 0 rings (SSSR count). The van der Waals surface area contributed by atoms with E-state index >= 15 is 0 Å². The van der Waals surface area contributed by atoms with Gasteiger partial charge in [-0.25, -0.2) is 0 Å². The Morgan fingerprint density at radius 1 is 0.304 bits per heavy atom. The minimum Gasteiger partial charge on any atom is -0.462 e. The van der Waals surface area contributed by atoms with Gasteiger partial charge in [0.2, 0.25) is 0 Å². The summed E-state index contributed by atoms with van der Waals surface area (Å²) in [6.07, 6.45) is 73.3. The van der Waals surface area contributed by atoms with Gasteiger partial charge in [0.25, 0.3) is 0 Å². The lowest BCUT2D eigenvalue weighted by atomic mass is 10.0. The molecule has 0 spiro atoms. The van der Waals surface area contributed by atoms with Gasteiger partial charge in [0.1, 0.15) is 13.2 Å². The van der Waals surface area contributed by atoms with Crippen LogP contribution in [0.5, 0.6) is 0 Å². The van der Waals surface area contributed by atoms with Crippen molar-refractivity contribution in [2.24, 2.45) is 0 Å². The average Bonchev–Trinajstić information content (AvgIpc) is 3.35. The molecule has 398 valence electrons. The van der Waals surface area contributed by atoms with Crippen LogP contribution < -0.4 is 0 Å². The molecule has 0 unspecified atom stereocenters. The lowest BCUT2D eigenvalue weighted by Gasteiger charge is -2.18. The highest BCUT2D eigenvalue weighted by Gasteiger charge is 2.19. The van der Waals surface area contributed by atoms with Crippen LogP contribution in [0.2, 0.25) is 0 Å². The summed E-state index contributed by atoms with van der Waals surface area (Å²) in [5, 5.41) is 0. The van der Waals surface area contributed by atoms with E-state index in [0.717, 1.165) is 89.9 Å². The first kappa shape index (κ1) is 65.8. The van der Waals surface area contributed by atoms with Crippen LogP contribution in [0.15, 0.2) is 72.9 Å². The van der Waals surface area contributed by atoms with Crippen molar-refractivity contribution in [3.05, 3.63) is 72.9 Å². The lowest BCUT2D eigenvalue weighted by Crippen LogP contribution is -2.30. The van der Waals surface area contributed by atoms with Crippen LogP contribution in [0.4, 0.5) is 0 Å². The molecule has 0 bridgehead atoms. The molecule has 0 aliphatic rings. The van der Waals surface area contributed by atoms with Crippen molar-refractivity contribution >= 4 is 17.9 Å². The summed E-state index contributed by atoms with van der Waals surface area (Å²) >= 11 is 0. The Labute approximate surface area is 427 Å². The number of carbonyl (C=O) groups excluding carboxylic acids is 3. The van der Waals surface area contributed by atoms with Gasteiger partial charge in [-0.2, -0.15) is 0 Å². The van der Waals surface area contributed by atoms with Gasteiger partial charge in [0.15, 0.2) is 6.10 Å². The highest BCUT2D eigenvalue weighted by Crippen LogP contribution is 2.16. The minimum atomic E-state index is -0.801. The molecule has 0 aromatic heterocycles. The molecule has 69 heavy (non-hydrogen) atoms. The van der Waals surface area contributed by atoms with Crippen LogP contribution in [-0.4, -0.2) is 37.2 Å². The summed E-state index contributed by atoms with van der Waals surface area (Å²) in [4.78, 5) is 38.2. The molecule has 0 saturated heterocycles. The standard InChI is InChI=1S/C63H110O6/c1-4-7-10-13-16-19-22-25-28-30-31-33-36-38-41-44-47-50-53-56-62(65)68-59-60(69-63(66)57-54-51-48-45-42-39-34-27-24-21-18-15-12-9-6-3)58-67-61(64)55-52-49-46-43-40-37-35-32-29-26-23-20-17-14-11-8-5-2/h8,11,17,20,26-27,29,34-35,37,43,46,60H,4-7,9-10,12-16,18-19,21-25,28,30-33,36,38-42,44-45,47-59H2,1-3H3/b11-8-,20-17-,29-26-,34-27-,37-35-,46-43-/t60-/m1/s1. The Balaban J connectivity index is 4.43. The second kappa shape index (κ2) is 57.4. The first-order valence-corrected chi connectivity index (χ1v) is 29.4. The Kier molecular flexibility index (Phi) is 54.8. The maximum absolute atomic E-state index is 12.9. The van der Waals surface area contributed by atoms with E-state index in [0.29, 0.717) is 19.3 Å². The van der Waals surface area contributed by atoms with Crippen LogP contribution in [0.25, 0.3) is 0 Å². The Morgan fingerprint density at radius 2 is 0.580 bits per heavy atom. The zero-order valence-electron chi connectivity index (χ0n) is 45.6. The second-order valence-electron chi connectivity index (χ2n) is 19.5. The van der Waals surface area contributed by atoms with Crippen molar-refractivity contribution in [2.75, 3.05) is 13.2 Å². The maximum atomic E-state index is 12.9. The largest absolute Gasteiger partial charge is 0.462 e. The Hall–Kier alpha value is -3.15. The van der Waals surface area contributed by atoms with Crippen molar-refractivity contribution in [3.8, 4) is 0 Å². The van der Waals surface area contributed by atoms with Gasteiger partial charge in [-0.3, -0.25) is 14.4 Å². The molecule has 0 aromatic rings. The second-order valence-corrected chi connectivity index (χ2v) is 19.5. The van der Waals surface area contributed by atoms with Crippen LogP contribution in [0, 0.1) is 0 Å². The molecule has 0 aromatic carbocycles. The molecule has 0 heterocycles. The molecule has 0 fully saturated rings. The normalized spacial score (nSPS) is 12.6. The zero-order chi connectivity index (χ0) is 50.0. The van der Waals surface area contributed by atoms with E-state index in [4.69, 9.17) is 14.2 Å². The highest BCUT2D eigenvalue weighted by molar-refractivity contribution is 5.71. The molecule has 0 radical (unpaired) electrons. The fraction of sp³-hybridized carbons (Fsp3) is 0.762. The van der Waals surface area contributed by atoms with Gasteiger partial charge in [-0.1, -0.05) is 261 Å². The van der Waals surface area contributed by atoms with Crippen molar-refractivity contribution < 1.29 is 28.6 Å². The summed E-state index contributed by atoms with van der Waals surface area (Å²) in [6.45, 7) is 6.50.